The minimum absolute atomic E-state index is 0.193. The standard InChI is InChI=1S/C28H21N3O2/c1-20-17-25-24(19-29-20)26(32)18-27(30(25)22-13-7-3-8-14-22)31(23-15-9-4-10-16-23)28(33)21-11-5-2-6-12-21/h2-19H,1H3. The maximum atomic E-state index is 13.8. The molecule has 0 bridgehead atoms. The third-order valence-electron chi connectivity index (χ3n) is 5.50. The van der Waals surface area contributed by atoms with Gasteiger partial charge in [0.25, 0.3) is 5.91 Å². The Labute approximate surface area is 191 Å². The highest BCUT2D eigenvalue weighted by atomic mass is 16.2. The van der Waals surface area contributed by atoms with Gasteiger partial charge >= 0.3 is 0 Å². The number of benzene rings is 3. The Balaban J connectivity index is 1.88. The molecular formula is C28H21N3O2. The molecule has 0 saturated carbocycles. The van der Waals surface area contributed by atoms with Gasteiger partial charge in [0.15, 0.2) is 5.43 Å². The second-order valence-corrected chi connectivity index (χ2v) is 7.72. The third kappa shape index (κ3) is 3.81. The van der Waals surface area contributed by atoms with Gasteiger partial charge < -0.3 is 0 Å². The van der Waals surface area contributed by atoms with Crippen LogP contribution in [-0.4, -0.2) is 15.5 Å². The summed E-state index contributed by atoms with van der Waals surface area (Å²) in [7, 11) is 0. The Morgan fingerprint density at radius 1 is 0.818 bits per heavy atom. The molecular weight excluding hydrogens is 410 g/mol. The van der Waals surface area contributed by atoms with Gasteiger partial charge in [-0.2, -0.15) is 0 Å². The van der Waals surface area contributed by atoms with Crippen LogP contribution in [-0.2, 0) is 0 Å². The number of carbonyl (C=O) groups is 1. The van der Waals surface area contributed by atoms with Crippen molar-refractivity contribution in [2.75, 3.05) is 4.90 Å². The molecule has 3 aromatic carbocycles. The highest BCUT2D eigenvalue weighted by molar-refractivity contribution is 6.11. The molecule has 5 aromatic rings. The van der Waals surface area contributed by atoms with Crippen molar-refractivity contribution in [2.45, 2.75) is 6.92 Å². The smallest absolute Gasteiger partial charge is 0.263 e. The molecule has 1 amide bonds. The number of anilines is 2. The molecule has 0 fully saturated rings. The van der Waals surface area contributed by atoms with Crippen LogP contribution in [0, 0.1) is 6.92 Å². The summed E-state index contributed by atoms with van der Waals surface area (Å²) in [6.45, 7) is 1.88. The summed E-state index contributed by atoms with van der Waals surface area (Å²) in [6.07, 6.45) is 1.60. The number of nitrogens with zero attached hydrogens (tertiary/aromatic N) is 3. The molecule has 0 aliphatic carbocycles. The number of pyridine rings is 2. The summed E-state index contributed by atoms with van der Waals surface area (Å²) in [5, 5.41) is 0.494. The van der Waals surface area contributed by atoms with E-state index in [1.54, 1.807) is 23.2 Å². The SMILES string of the molecule is Cc1cc2c(cn1)c(=O)cc(N(C(=O)c1ccccc1)c1ccccc1)n2-c1ccccc1. The Kier molecular flexibility index (Phi) is 5.29. The zero-order valence-electron chi connectivity index (χ0n) is 18.1. The summed E-state index contributed by atoms with van der Waals surface area (Å²) >= 11 is 0. The monoisotopic (exact) mass is 431 g/mol. The van der Waals surface area contributed by atoms with Crippen molar-refractivity contribution in [3.05, 3.63) is 131 Å². The van der Waals surface area contributed by atoms with Crippen LogP contribution in [0.5, 0.6) is 0 Å². The number of aromatic nitrogens is 2. The first kappa shape index (κ1) is 20.4. The maximum Gasteiger partial charge on any atom is 0.263 e. The molecule has 0 radical (unpaired) electrons. The van der Waals surface area contributed by atoms with Crippen LogP contribution in [0.4, 0.5) is 11.5 Å². The van der Waals surface area contributed by atoms with E-state index in [1.807, 2.05) is 96.4 Å². The zero-order valence-corrected chi connectivity index (χ0v) is 18.1. The quantitative estimate of drug-likeness (QED) is 0.368. The topological polar surface area (TPSA) is 55.2 Å². The van der Waals surface area contributed by atoms with E-state index in [9.17, 15) is 9.59 Å². The van der Waals surface area contributed by atoms with Gasteiger partial charge in [-0.1, -0.05) is 54.6 Å². The van der Waals surface area contributed by atoms with Crippen molar-refractivity contribution in [3.63, 3.8) is 0 Å². The van der Waals surface area contributed by atoms with E-state index in [4.69, 9.17) is 0 Å². The molecule has 5 nitrogen and oxygen atoms in total. The Hall–Kier alpha value is -4.51. The van der Waals surface area contributed by atoms with E-state index >= 15 is 0 Å². The number of para-hydroxylation sites is 2. The molecule has 160 valence electrons. The molecule has 2 heterocycles. The first-order chi connectivity index (χ1) is 16.1. The van der Waals surface area contributed by atoms with Crippen molar-refractivity contribution in [3.8, 4) is 5.69 Å². The number of carbonyl (C=O) groups excluding carboxylic acids is 1. The molecule has 5 rings (SSSR count). The van der Waals surface area contributed by atoms with Gasteiger partial charge in [0.2, 0.25) is 0 Å². The average molecular weight is 431 g/mol. The lowest BCUT2D eigenvalue weighted by atomic mass is 10.1. The van der Waals surface area contributed by atoms with Gasteiger partial charge in [0.1, 0.15) is 5.82 Å². The largest absolute Gasteiger partial charge is 0.295 e. The lowest BCUT2D eigenvalue weighted by Gasteiger charge is -2.27. The van der Waals surface area contributed by atoms with E-state index in [0.29, 0.717) is 28.0 Å². The van der Waals surface area contributed by atoms with Gasteiger partial charge in [-0.3, -0.25) is 24.0 Å². The predicted octanol–water partition coefficient (Wildman–Crippen LogP) is 5.67. The fraction of sp³-hybridized carbons (Fsp3) is 0.0357. The fourth-order valence-corrected chi connectivity index (χ4v) is 3.96. The molecule has 0 saturated heterocycles. The van der Waals surface area contributed by atoms with Crippen LogP contribution in [0.2, 0.25) is 0 Å². The normalized spacial score (nSPS) is 10.8. The molecule has 0 atom stereocenters. The summed E-state index contributed by atoms with van der Waals surface area (Å²) in [4.78, 5) is 33.0. The summed E-state index contributed by atoms with van der Waals surface area (Å²) < 4.78 is 1.94. The molecule has 0 spiro atoms. The van der Waals surface area contributed by atoms with E-state index in [-0.39, 0.29) is 11.3 Å². The van der Waals surface area contributed by atoms with Gasteiger partial charge in [-0.05, 0) is 49.4 Å². The van der Waals surface area contributed by atoms with E-state index in [1.165, 1.54) is 6.07 Å². The van der Waals surface area contributed by atoms with Crippen LogP contribution < -0.4 is 10.3 Å². The Bertz CT molecular complexity index is 1500. The van der Waals surface area contributed by atoms with Gasteiger partial charge in [0, 0.05) is 29.2 Å². The molecule has 5 heteroatoms. The zero-order chi connectivity index (χ0) is 22.8. The summed E-state index contributed by atoms with van der Waals surface area (Å²) in [6, 6.07) is 31.6. The van der Waals surface area contributed by atoms with Crippen LogP contribution in [0.3, 0.4) is 0 Å². The van der Waals surface area contributed by atoms with Crippen LogP contribution in [0.15, 0.2) is 114 Å². The van der Waals surface area contributed by atoms with Gasteiger partial charge in [0.05, 0.1) is 16.6 Å². The molecule has 0 aliphatic rings. The predicted molar refractivity (Wildman–Crippen MR) is 131 cm³/mol. The highest BCUT2D eigenvalue weighted by Crippen LogP contribution is 2.32. The molecule has 0 aliphatic heterocycles. The number of hydrogen-bond donors (Lipinski definition) is 0. The van der Waals surface area contributed by atoms with E-state index in [2.05, 4.69) is 4.98 Å². The minimum atomic E-state index is -0.226. The number of rotatable bonds is 4. The van der Waals surface area contributed by atoms with Crippen LogP contribution in [0.25, 0.3) is 16.6 Å². The summed E-state index contributed by atoms with van der Waals surface area (Å²) in [5.74, 6) is 0.236. The molecule has 0 unspecified atom stereocenters. The number of fused-ring (bicyclic) bond motifs is 1. The number of amides is 1. The van der Waals surface area contributed by atoms with Crippen molar-refractivity contribution < 1.29 is 4.79 Å². The Morgan fingerprint density at radius 2 is 1.42 bits per heavy atom. The average Bonchev–Trinajstić information content (AvgIpc) is 2.86. The highest BCUT2D eigenvalue weighted by Gasteiger charge is 2.25. The lowest BCUT2D eigenvalue weighted by molar-refractivity contribution is 0.0998. The second-order valence-electron chi connectivity index (χ2n) is 7.72. The minimum Gasteiger partial charge on any atom is -0.295 e. The van der Waals surface area contributed by atoms with Crippen LogP contribution >= 0.6 is 0 Å². The Morgan fingerprint density at radius 3 is 2.09 bits per heavy atom. The van der Waals surface area contributed by atoms with Gasteiger partial charge in [-0.25, -0.2) is 0 Å². The maximum absolute atomic E-state index is 13.8. The third-order valence-corrected chi connectivity index (χ3v) is 5.50. The molecule has 0 N–H and O–H groups in total. The first-order valence-electron chi connectivity index (χ1n) is 10.7. The summed E-state index contributed by atoms with van der Waals surface area (Å²) in [5.41, 5.74) is 3.31. The van der Waals surface area contributed by atoms with Crippen molar-refractivity contribution >= 4 is 28.3 Å². The number of aryl methyl sites for hydroxylation is 1. The first-order valence-corrected chi connectivity index (χ1v) is 10.7. The number of hydrogen-bond acceptors (Lipinski definition) is 3. The second kappa shape index (κ2) is 8.55. The van der Waals surface area contributed by atoms with Crippen molar-refractivity contribution in [2.24, 2.45) is 0 Å². The van der Waals surface area contributed by atoms with Crippen LogP contribution in [0.1, 0.15) is 16.1 Å². The fourth-order valence-electron chi connectivity index (χ4n) is 3.96. The lowest BCUT2D eigenvalue weighted by Crippen LogP contribution is -2.30. The van der Waals surface area contributed by atoms with E-state index < -0.39 is 0 Å². The van der Waals surface area contributed by atoms with Gasteiger partial charge in [-0.15, -0.1) is 0 Å². The van der Waals surface area contributed by atoms with E-state index in [0.717, 1.165) is 11.4 Å². The van der Waals surface area contributed by atoms with Crippen molar-refractivity contribution in [1.82, 2.24) is 9.55 Å². The molecule has 33 heavy (non-hydrogen) atoms. The molecule has 2 aromatic heterocycles. The van der Waals surface area contributed by atoms with Crippen molar-refractivity contribution in [1.29, 1.82) is 0 Å².